The van der Waals surface area contributed by atoms with Crippen LogP contribution in [0.2, 0.25) is 5.02 Å². The summed E-state index contributed by atoms with van der Waals surface area (Å²) in [6, 6.07) is 11.5. The zero-order valence-corrected chi connectivity index (χ0v) is 14.1. The smallest absolute Gasteiger partial charge is 0.221 e. The van der Waals surface area contributed by atoms with Gasteiger partial charge in [-0.1, -0.05) is 11.6 Å². The van der Waals surface area contributed by atoms with Crippen molar-refractivity contribution in [3.63, 3.8) is 0 Å². The van der Waals surface area contributed by atoms with Crippen LogP contribution < -0.4 is 10.6 Å². The molecule has 128 valence electrons. The van der Waals surface area contributed by atoms with Crippen LogP contribution in [0.5, 0.6) is 0 Å². The van der Waals surface area contributed by atoms with E-state index in [0.29, 0.717) is 22.4 Å². The van der Waals surface area contributed by atoms with Crippen molar-refractivity contribution in [1.29, 1.82) is 0 Å². The standard InChI is InChI=1S/C18H15ClFN3O2/c1-11(24)23-14-6-7-15(20)16(8-14)21-10-18-22-9-17(25-18)12-2-4-13(19)5-3-12/h2-9,21H,10H2,1H3,(H,23,24). The van der Waals surface area contributed by atoms with Gasteiger partial charge in [-0.05, 0) is 42.5 Å². The van der Waals surface area contributed by atoms with E-state index in [1.807, 2.05) is 12.1 Å². The van der Waals surface area contributed by atoms with Gasteiger partial charge in [-0.2, -0.15) is 0 Å². The molecule has 1 amide bonds. The van der Waals surface area contributed by atoms with E-state index >= 15 is 0 Å². The van der Waals surface area contributed by atoms with E-state index in [4.69, 9.17) is 16.0 Å². The van der Waals surface area contributed by atoms with Crippen molar-refractivity contribution in [2.45, 2.75) is 13.5 Å². The largest absolute Gasteiger partial charge is 0.439 e. The monoisotopic (exact) mass is 359 g/mol. The van der Waals surface area contributed by atoms with Gasteiger partial charge in [0.2, 0.25) is 11.8 Å². The van der Waals surface area contributed by atoms with Crippen LogP contribution in [0.4, 0.5) is 15.8 Å². The van der Waals surface area contributed by atoms with Gasteiger partial charge in [0, 0.05) is 23.2 Å². The van der Waals surface area contributed by atoms with Crippen molar-refractivity contribution in [2.75, 3.05) is 10.6 Å². The second-order valence-corrected chi connectivity index (χ2v) is 5.79. The van der Waals surface area contributed by atoms with E-state index in [0.717, 1.165) is 5.56 Å². The van der Waals surface area contributed by atoms with Crippen LogP contribution in [0, 0.1) is 5.82 Å². The number of oxazole rings is 1. The number of hydrogen-bond acceptors (Lipinski definition) is 4. The highest BCUT2D eigenvalue weighted by Crippen LogP contribution is 2.24. The average Bonchev–Trinajstić information content (AvgIpc) is 3.04. The SMILES string of the molecule is CC(=O)Nc1ccc(F)c(NCc2ncc(-c3ccc(Cl)cc3)o2)c1. The van der Waals surface area contributed by atoms with E-state index in [1.54, 1.807) is 18.3 Å². The molecule has 0 radical (unpaired) electrons. The Bertz CT molecular complexity index is 894. The van der Waals surface area contributed by atoms with E-state index in [1.165, 1.54) is 25.1 Å². The molecule has 0 aliphatic rings. The summed E-state index contributed by atoms with van der Waals surface area (Å²) < 4.78 is 19.5. The Kier molecular flexibility index (Phi) is 5.00. The number of carbonyl (C=O) groups excluding carboxylic acids is 1. The van der Waals surface area contributed by atoms with Crippen LogP contribution in [0.3, 0.4) is 0 Å². The van der Waals surface area contributed by atoms with E-state index in [-0.39, 0.29) is 18.1 Å². The average molecular weight is 360 g/mol. The first kappa shape index (κ1) is 17.0. The maximum Gasteiger partial charge on any atom is 0.221 e. The summed E-state index contributed by atoms with van der Waals surface area (Å²) in [5, 5.41) is 6.16. The Hall–Kier alpha value is -2.86. The molecule has 0 saturated carbocycles. The summed E-state index contributed by atoms with van der Waals surface area (Å²) in [7, 11) is 0. The van der Waals surface area contributed by atoms with Gasteiger partial charge in [-0.3, -0.25) is 4.79 Å². The fraction of sp³-hybridized carbons (Fsp3) is 0.111. The molecule has 0 bridgehead atoms. The zero-order valence-electron chi connectivity index (χ0n) is 13.3. The van der Waals surface area contributed by atoms with Gasteiger partial charge in [0.05, 0.1) is 18.4 Å². The fourth-order valence-electron chi connectivity index (χ4n) is 2.25. The quantitative estimate of drug-likeness (QED) is 0.692. The Balaban J connectivity index is 1.70. The van der Waals surface area contributed by atoms with Gasteiger partial charge in [0.15, 0.2) is 5.76 Å². The van der Waals surface area contributed by atoms with Crippen molar-refractivity contribution in [3.05, 3.63) is 65.4 Å². The second-order valence-electron chi connectivity index (χ2n) is 5.35. The van der Waals surface area contributed by atoms with Crippen molar-refractivity contribution in [1.82, 2.24) is 4.98 Å². The molecule has 25 heavy (non-hydrogen) atoms. The van der Waals surface area contributed by atoms with Crippen molar-refractivity contribution in [3.8, 4) is 11.3 Å². The summed E-state index contributed by atoms with van der Waals surface area (Å²) in [6.07, 6.45) is 1.60. The normalized spacial score (nSPS) is 10.5. The lowest BCUT2D eigenvalue weighted by Gasteiger charge is -2.08. The van der Waals surface area contributed by atoms with Crippen LogP contribution in [0.15, 0.2) is 53.1 Å². The van der Waals surface area contributed by atoms with Crippen molar-refractivity contribution >= 4 is 28.9 Å². The number of rotatable bonds is 5. The predicted octanol–water partition coefficient (Wildman–Crippen LogP) is 4.70. The topological polar surface area (TPSA) is 67.2 Å². The van der Waals surface area contributed by atoms with E-state index in [2.05, 4.69) is 15.6 Å². The number of anilines is 2. The molecule has 0 saturated heterocycles. The molecule has 0 aliphatic heterocycles. The minimum atomic E-state index is -0.432. The maximum atomic E-state index is 13.9. The molecule has 2 aromatic carbocycles. The lowest BCUT2D eigenvalue weighted by atomic mass is 10.2. The maximum absolute atomic E-state index is 13.9. The zero-order chi connectivity index (χ0) is 17.8. The van der Waals surface area contributed by atoms with E-state index < -0.39 is 5.82 Å². The first-order chi connectivity index (χ1) is 12.0. The number of amides is 1. The molecule has 2 N–H and O–H groups in total. The van der Waals surface area contributed by atoms with Crippen LogP contribution in [-0.2, 0) is 11.3 Å². The Labute approximate surface area is 148 Å². The molecule has 0 atom stereocenters. The molecule has 0 spiro atoms. The molecular formula is C18H15ClFN3O2. The number of halogens is 2. The van der Waals surface area contributed by atoms with Crippen molar-refractivity contribution in [2.24, 2.45) is 0 Å². The summed E-state index contributed by atoms with van der Waals surface area (Å²) in [5.74, 6) is 0.353. The predicted molar refractivity (Wildman–Crippen MR) is 95.0 cm³/mol. The number of carbonyl (C=O) groups is 1. The fourth-order valence-corrected chi connectivity index (χ4v) is 2.38. The highest BCUT2D eigenvalue weighted by atomic mass is 35.5. The van der Waals surface area contributed by atoms with Gasteiger partial charge < -0.3 is 15.1 Å². The molecule has 7 heteroatoms. The molecule has 3 aromatic rings. The summed E-state index contributed by atoms with van der Waals surface area (Å²) >= 11 is 5.86. The molecule has 0 unspecified atom stereocenters. The summed E-state index contributed by atoms with van der Waals surface area (Å²) in [5.41, 5.74) is 1.60. The lowest BCUT2D eigenvalue weighted by molar-refractivity contribution is -0.114. The van der Waals surface area contributed by atoms with Crippen LogP contribution in [0.1, 0.15) is 12.8 Å². The molecule has 1 heterocycles. The number of benzene rings is 2. The molecular weight excluding hydrogens is 345 g/mol. The first-order valence-electron chi connectivity index (χ1n) is 7.53. The minimum Gasteiger partial charge on any atom is -0.439 e. The van der Waals surface area contributed by atoms with Crippen LogP contribution in [-0.4, -0.2) is 10.9 Å². The lowest BCUT2D eigenvalue weighted by Crippen LogP contribution is -2.07. The number of hydrogen-bond donors (Lipinski definition) is 2. The molecule has 3 rings (SSSR count). The van der Waals surface area contributed by atoms with Gasteiger partial charge in [0.25, 0.3) is 0 Å². The highest BCUT2D eigenvalue weighted by molar-refractivity contribution is 6.30. The Morgan fingerprint density at radius 1 is 1.24 bits per heavy atom. The molecule has 0 aliphatic carbocycles. The van der Waals surface area contributed by atoms with Crippen LogP contribution >= 0.6 is 11.6 Å². The third-order valence-corrected chi connectivity index (χ3v) is 3.65. The second kappa shape index (κ2) is 7.36. The number of aromatic nitrogens is 1. The highest BCUT2D eigenvalue weighted by Gasteiger charge is 2.09. The van der Waals surface area contributed by atoms with Gasteiger partial charge in [0.1, 0.15) is 5.82 Å². The van der Waals surface area contributed by atoms with Gasteiger partial charge >= 0.3 is 0 Å². The molecule has 5 nitrogen and oxygen atoms in total. The summed E-state index contributed by atoms with van der Waals surface area (Å²) in [4.78, 5) is 15.3. The van der Waals surface area contributed by atoms with Crippen LogP contribution in [0.25, 0.3) is 11.3 Å². The number of nitrogens with one attached hydrogen (secondary N) is 2. The molecule has 0 fully saturated rings. The van der Waals surface area contributed by atoms with Gasteiger partial charge in [-0.15, -0.1) is 0 Å². The van der Waals surface area contributed by atoms with E-state index in [9.17, 15) is 9.18 Å². The van der Waals surface area contributed by atoms with Gasteiger partial charge in [-0.25, -0.2) is 9.37 Å². The first-order valence-corrected chi connectivity index (χ1v) is 7.91. The summed E-state index contributed by atoms with van der Waals surface area (Å²) in [6.45, 7) is 1.59. The Morgan fingerprint density at radius 2 is 2.00 bits per heavy atom. The minimum absolute atomic E-state index is 0.202. The van der Waals surface area contributed by atoms with Crippen molar-refractivity contribution < 1.29 is 13.6 Å². The third-order valence-electron chi connectivity index (χ3n) is 3.40. The molecule has 1 aromatic heterocycles. The third kappa shape index (κ3) is 4.36. The Morgan fingerprint density at radius 3 is 2.72 bits per heavy atom. The number of nitrogens with zero attached hydrogens (tertiary/aromatic N) is 1.